The summed E-state index contributed by atoms with van der Waals surface area (Å²) in [5, 5.41) is 0. The van der Waals surface area contributed by atoms with Gasteiger partial charge in [-0.2, -0.15) is 0 Å². The molecule has 0 spiro atoms. The summed E-state index contributed by atoms with van der Waals surface area (Å²) in [5.41, 5.74) is 5.77. The molecule has 1 aliphatic carbocycles. The Hall–Kier alpha value is -0.120. The zero-order chi connectivity index (χ0) is 10.7. The summed E-state index contributed by atoms with van der Waals surface area (Å²) in [6, 6.07) is 0.818. The lowest BCUT2D eigenvalue weighted by Gasteiger charge is -2.47. The highest BCUT2D eigenvalue weighted by Gasteiger charge is 2.35. The number of nitrogens with two attached hydrogens (primary N) is 1. The van der Waals surface area contributed by atoms with Crippen LogP contribution in [0.4, 0.5) is 0 Å². The SMILES string of the molecule is CCCN1CCN(C2CCC2CN)CC1. The first-order valence-corrected chi connectivity index (χ1v) is 6.51. The number of hydrogen-bond acceptors (Lipinski definition) is 3. The van der Waals surface area contributed by atoms with Gasteiger partial charge in [-0.25, -0.2) is 0 Å². The predicted molar refractivity (Wildman–Crippen MR) is 63.9 cm³/mol. The van der Waals surface area contributed by atoms with E-state index in [9.17, 15) is 0 Å². The number of piperazine rings is 1. The van der Waals surface area contributed by atoms with E-state index in [4.69, 9.17) is 5.73 Å². The third kappa shape index (κ3) is 2.52. The lowest BCUT2D eigenvalue weighted by molar-refractivity contribution is 0.0242. The van der Waals surface area contributed by atoms with Gasteiger partial charge in [0.25, 0.3) is 0 Å². The second-order valence-corrected chi connectivity index (χ2v) is 5.02. The molecule has 2 rings (SSSR count). The molecule has 1 heterocycles. The maximum Gasteiger partial charge on any atom is 0.0137 e. The number of rotatable bonds is 4. The highest BCUT2D eigenvalue weighted by Crippen LogP contribution is 2.31. The molecule has 15 heavy (non-hydrogen) atoms. The van der Waals surface area contributed by atoms with Crippen LogP contribution in [0.1, 0.15) is 26.2 Å². The van der Waals surface area contributed by atoms with Crippen LogP contribution in [0, 0.1) is 5.92 Å². The smallest absolute Gasteiger partial charge is 0.0137 e. The van der Waals surface area contributed by atoms with Gasteiger partial charge >= 0.3 is 0 Å². The molecule has 3 nitrogen and oxygen atoms in total. The Kier molecular flexibility index (Phi) is 4.00. The van der Waals surface area contributed by atoms with Crippen LogP contribution in [0.5, 0.6) is 0 Å². The monoisotopic (exact) mass is 211 g/mol. The molecular weight excluding hydrogens is 186 g/mol. The van der Waals surface area contributed by atoms with Crippen LogP contribution in [0.15, 0.2) is 0 Å². The van der Waals surface area contributed by atoms with Crippen LogP contribution in [0.25, 0.3) is 0 Å². The lowest BCUT2D eigenvalue weighted by atomic mass is 9.78. The van der Waals surface area contributed by atoms with Crippen LogP contribution in [-0.2, 0) is 0 Å². The van der Waals surface area contributed by atoms with Crippen molar-refractivity contribution < 1.29 is 0 Å². The molecular formula is C12H25N3. The molecule has 0 aromatic rings. The van der Waals surface area contributed by atoms with Crippen molar-refractivity contribution in [3.8, 4) is 0 Å². The molecule has 2 N–H and O–H groups in total. The van der Waals surface area contributed by atoms with E-state index >= 15 is 0 Å². The van der Waals surface area contributed by atoms with E-state index in [0.717, 1.165) is 18.5 Å². The average Bonchev–Trinajstić information content (AvgIpc) is 2.20. The molecule has 1 aliphatic heterocycles. The van der Waals surface area contributed by atoms with Gasteiger partial charge in [-0.05, 0) is 38.3 Å². The first-order chi connectivity index (χ1) is 7.35. The fourth-order valence-electron chi connectivity index (χ4n) is 2.94. The van der Waals surface area contributed by atoms with Crippen LogP contribution >= 0.6 is 0 Å². The summed E-state index contributed by atoms with van der Waals surface area (Å²) < 4.78 is 0. The summed E-state index contributed by atoms with van der Waals surface area (Å²) in [5.74, 6) is 0.794. The fourth-order valence-corrected chi connectivity index (χ4v) is 2.94. The Morgan fingerprint density at radius 3 is 2.33 bits per heavy atom. The topological polar surface area (TPSA) is 32.5 Å². The maximum absolute atomic E-state index is 5.77. The Bertz CT molecular complexity index is 185. The Morgan fingerprint density at radius 2 is 1.87 bits per heavy atom. The van der Waals surface area contributed by atoms with E-state index in [1.807, 2.05) is 0 Å². The largest absolute Gasteiger partial charge is 0.330 e. The van der Waals surface area contributed by atoms with Crippen molar-refractivity contribution in [2.24, 2.45) is 11.7 Å². The average molecular weight is 211 g/mol. The number of nitrogens with zero attached hydrogens (tertiary/aromatic N) is 2. The first kappa shape index (κ1) is 11.4. The standard InChI is InChI=1S/C12H25N3/c1-2-5-14-6-8-15(9-7-14)12-4-3-11(12)10-13/h11-12H,2-10,13H2,1H3. The highest BCUT2D eigenvalue weighted by atomic mass is 15.3. The summed E-state index contributed by atoms with van der Waals surface area (Å²) in [4.78, 5) is 5.26. The first-order valence-electron chi connectivity index (χ1n) is 6.51. The van der Waals surface area contributed by atoms with E-state index in [1.54, 1.807) is 0 Å². The Labute approximate surface area is 93.6 Å². The molecule has 2 aliphatic rings. The Morgan fingerprint density at radius 1 is 1.13 bits per heavy atom. The van der Waals surface area contributed by atoms with Gasteiger partial charge < -0.3 is 10.6 Å². The van der Waals surface area contributed by atoms with E-state index in [0.29, 0.717) is 0 Å². The minimum Gasteiger partial charge on any atom is -0.330 e. The lowest BCUT2D eigenvalue weighted by Crippen LogP contribution is -2.56. The van der Waals surface area contributed by atoms with Crippen LogP contribution in [-0.4, -0.2) is 55.1 Å². The van der Waals surface area contributed by atoms with Gasteiger partial charge in [-0.15, -0.1) is 0 Å². The van der Waals surface area contributed by atoms with Gasteiger partial charge in [0.2, 0.25) is 0 Å². The van der Waals surface area contributed by atoms with Gasteiger partial charge in [0.15, 0.2) is 0 Å². The maximum atomic E-state index is 5.77. The van der Waals surface area contributed by atoms with Crippen LogP contribution in [0.3, 0.4) is 0 Å². The van der Waals surface area contributed by atoms with Crippen LogP contribution in [0.2, 0.25) is 0 Å². The molecule has 2 fully saturated rings. The molecule has 2 atom stereocenters. The van der Waals surface area contributed by atoms with Gasteiger partial charge in [0.05, 0.1) is 0 Å². The van der Waals surface area contributed by atoms with Crippen LogP contribution < -0.4 is 5.73 Å². The molecule has 1 saturated heterocycles. The van der Waals surface area contributed by atoms with Gasteiger partial charge in [-0.1, -0.05) is 6.92 Å². The van der Waals surface area contributed by atoms with Crippen molar-refractivity contribution in [1.82, 2.24) is 9.80 Å². The second kappa shape index (κ2) is 5.28. The van der Waals surface area contributed by atoms with Crippen molar-refractivity contribution >= 4 is 0 Å². The summed E-state index contributed by atoms with van der Waals surface area (Å²) in [7, 11) is 0. The third-order valence-corrected chi connectivity index (χ3v) is 4.10. The zero-order valence-corrected chi connectivity index (χ0v) is 9.99. The molecule has 0 aromatic heterocycles. The quantitative estimate of drug-likeness (QED) is 0.745. The summed E-state index contributed by atoms with van der Waals surface area (Å²) >= 11 is 0. The minimum atomic E-state index is 0.794. The zero-order valence-electron chi connectivity index (χ0n) is 9.99. The van der Waals surface area contributed by atoms with E-state index < -0.39 is 0 Å². The fraction of sp³-hybridized carbons (Fsp3) is 1.00. The van der Waals surface area contributed by atoms with Gasteiger partial charge in [0.1, 0.15) is 0 Å². The van der Waals surface area contributed by atoms with E-state index in [-0.39, 0.29) is 0 Å². The molecule has 0 radical (unpaired) electrons. The molecule has 0 bridgehead atoms. The van der Waals surface area contributed by atoms with Crippen molar-refractivity contribution in [2.75, 3.05) is 39.3 Å². The highest BCUT2D eigenvalue weighted by molar-refractivity contribution is 4.91. The predicted octanol–water partition coefficient (Wildman–Crippen LogP) is 0.751. The van der Waals surface area contributed by atoms with Crippen molar-refractivity contribution in [3.05, 3.63) is 0 Å². The van der Waals surface area contributed by atoms with Crippen molar-refractivity contribution in [3.63, 3.8) is 0 Å². The summed E-state index contributed by atoms with van der Waals surface area (Å²) in [6.07, 6.45) is 4.03. The molecule has 88 valence electrons. The Balaban J connectivity index is 1.73. The van der Waals surface area contributed by atoms with Crippen molar-refractivity contribution in [2.45, 2.75) is 32.2 Å². The number of hydrogen-bond donors (Lipinski definition) is 1. The van der Waals surface area contributed by atoms with E-state index in [1.165, 1.54) is 52.0 Å². The molecule has 2 unspecified atom stereocenters. The third-order valence-electron chi connectivity index (χ3n) is 4.10. The normalized spacial score (nSPS) is 34.0. The second-order valence-electron chi connectivity index (χ2n) is 5.02. The molecule has 3 heteroatoms. The van der Waals surface area contributed by atoms with E-state index in [2.05, 4.69) is 16.7 Å². The van der Waals surface area contributed by atoms with Gasteiger partial charge in [0, 0.05) is 32.2 Å². The molecule has 0 amide bonds. The summed E-state index contributed by atoms with van der Waals surface area (Å²) in [6.45, 7) is 9.49. The van der Waals surface area contributed by atoms with Crippen molar-refractivity contribution in [1.29, 1.82) is 0 Å². The molecule has 0 aromatic carbocycles. The minimum absolute atomic E-state index is 0.794. The molecule has 1 saturated carbocycles. The van der Waals surface area contributed by atoms with Gasteiger partial charge in [-0.3, -0.25) is 4.90 Å².